The van der Waals surface area contributed by atoms with E-state index < -0.39 is 10.2 Å². The molecule has 0 saturated carbocycles. The van der Waals surface area contributed by atoms with Crippen LogP contribution in [-0.2, 0) is 10.2 Å². The Morgan fingerprint density at radius 2 is 1.82 bits per heavy atom. The van der Waals surface area contributed by atoms with Crippen molar-refractivity contribution in [3.8, 4) is 6.07 Å². The second-order valence-corrected chi connectivity index (χ2v) is 7.14. The highest BCUT2D eigenvalue weighted by atomic mass is 32.2. The minimum Gasteiger partial charge on any atom is -0.369 e. The van der Waals surface area contributed by atoms with Gasteiger partial charge in [-0.25, -0.2) is 4.39 Å². The topological polar surface area (TPSA) is 67.6 Å². The second kappa shape index (κ2) is 7.05. The van der Waals surface area contributed by atoms with Gasteiger partial charge in [0.05, 0.1) is 6.07 Å². The molecule has 1 aromatic rings. The minimum absolute atomic E-state index is 0.172. The molecular formula is C14H19FN4O2S. The van der Waals surface area contributed by atoms with Gasteiger partial charge in [-0.3, -0.25) is 0 Å². The lowest BCUT2D eigenvalue weighted by Gasteiger charge is -2.36. The first kappa shape index (κ1) is 16.7. The van der Waals surface area contributed by atoms with Crippen molar-refractivity contribution in [2.24, 2.45) is 0 Å². The Morgan fingerprint density at radius 1 is 1.23 bits per heavy atom. The normalized spacial score (nSPS) is 16.7. The molecule has 1 aliphatic rings. The fraction of sp³-hybridized carbons (Fsp3) is 0.500. The molecule has 0 unspecified atom stereocenters. The maximum atomic E-state index is 12.9. The number of piperazine rings is 1. The quantitative estimate of drug-likeness (QED) is 0.811. The molecule has 1 aliphatic heterocycles. The molecule has 1 fully saturated rings. The first-order valence-electron chi connectivity index (χ1n) is 7.04. The number of nitriles is 1. The van der Waals surface area contributed by atoms with E-state index in [9.17, 15) is 12.8 Å². The van der Waals surface area contributed by atoms with Crippen molar-refractivity contribution in [2.45, 2.75) is 6.42 Å². The third-order valence-electron chi connectivity index (χ3n) is 3.69. The number of rotatable bonds is 5. The van der Waals surface area contributed by atoms with Crippen LogP contribution < -0.4 is 4.90 Å². The van der Waals surface area contributed by atoms with E-state index in [1.807, 2.05) is 11.0 Å². The summed E-state index contributed by atoms with van der Waals surface area (Å²) in [4.78, 5) is 2.03. The van der Waals surface area contributed by atoms with Crippen LogP contribution in [0.5, 0.6) is 0 Å². The Labute approximate surface area is 130 Å². The van der Waals surface area contributed by atoms with Gasteiger partial charge in [0.15, 0.2) is 0 Å². The molecule has 22 heavy (non-hydrogen) atoms. The van der Waals surface area contributed by atoms with E-state index in [2.05, 4.69) is 0 Å². The molecule has 1 saturated heterocycles. The van der Waals surface area contributed by atoms with E-state index in [4.69, 9.17) is 5.26 Å². The number of hydrogen-bond donors (Lipinski definition) is 0. The van der Waals surface area contributed by atoms with E-state index in [1.54, 1.807) is 12.1 Å². The molecule has 0 aromatic heterocycles. The summed E-state index contributed by atoms with van der Waals surface area (Å²) in [6.07, 6.45) is 0.172. The van der Waals surface area contributed by atoms with Crippen LogP contribution in [0.25, 0.3) is 0 Å². The van der Waals surface area contributed by atoms with Crippen molar-refractivity contribution in [3.05, 3.63) is 30.1 Å². The second-order valence-electron chi connectivity index (χ2n) is 5.10. The van der Waals surface area contributed by atoms with Crippen LogP contribution in [0.1, 0.15) is 6.42 Å². The Hall–Kier alpha value is -1.69. The molecular weight excluding hydrogens is 307 g/mol. The van der Waals surface area contributed by atoms with Gasteiger partial charge in [-0.1, -0.05) is 0 Å². The maximum absolute atomic E-state index is 12.9. The Balaban J connectivity index is 1.96. The molecule has 0 spiro atoms. The summed E-state index contributed by atoms with van der Waals surface area (Å²) in [7, 11) is -2.03. The van der Waals surface area contributed by atoms with Gasteiger partial charge in [0.1, 0.15) is 5.82 Å². The molecule has 2 rings (SSSR count). The third-order valence-corrected chi connectivity index (χ3v) is 5.68. The van der Waals surface area contributed by atoms with Crippen LogP contribution in [0.4, 0.5) is 10.1 Å². The number of anilines is 1. The van der Waals surface area contributed by atoms with Gasteiger partial charge < -0.3 is 4.90 Å². The Kier molecular flexibility index (Phi) is 5.34. The predicted octanol–water partition coefficient (Wildman–Crippen LogP) is 1.04. The lowest BCUT2D eigenvalue weighted by molar-refractivity contribution is 0.344. The summed E-state index contributed by atoms with van der Waals surface area (Å²) in [6, 6.07) is 8.12. The minimum atomic E-state index is -3.52. The Bertz CT molecular complexity index is 634. The lowest BCUT2D eigenvalue weighted by atomic mass is 10.2. The number of nitrogens with zero attached hydrogens (tertiary/aromatic N) is 4. The van der Waals surface area contributed by atoms with Crippen molar-refractivity contribution in [1.29, 1.82) is 5.26 Å². The number of hydrogen-bond acceptors (Lipinski definition) is 4. The average molecular weight is 326 g/mol. The zero-order valence-corrected chi connectivity index (χ0v) is 13.3. The molecule has 6 nitrogen and oxygen atoms in total. The first-order chi connectivity index (χ1) is 10.4. The molecule has 0 amide bonds. The standard InChI is InChI=1S/C14H19FN4O2S/c1-17(8-2-7-16)22(20,21)19-11-9-18(10-12-19)14-5-3-13(15)4-6-14/h3-6H,2,8-12H2,1H3. The van der Waals surface area contributed by atoms with Crippen LogP contribution in [0, 0.1) is 17.1 Å². The number of halogens is 1. The van der Waals surface area contributed by atoms with Crippen molar-refractivity contribution >= 4 is 15.9 Å². The molecule has 0 aliphatic carbocycles. The molecule has 8 heteroatoms. The zero-order chi connectivity index (χ0) is 16.2. The first-order valence-corrected chi connectivity index (χ1v) is 8.43. The van der Waals surface area contributed by atoms with Crippen molar-refractivity contribution in [1.82, 2.24) is 8.61 Å². The molecule has 120 valence electrons. The predicted molar refractivity (Wildman–Crippen MR) is 82.0 cm³/mol. The summed E-state index contributed by atoms with van der Waals surface area (Å²) >= 11 is 0. The van der Waals surface area contributed by atoms with Crippen molar-refractivity contribution < 1.29 is 12.8 Å². The smallest absolute Gasteiger partial charge is 0.281 e. The van der Waals surface area contributed by atoms with E-state index >= 15 is 0 Å². The molecule has 1 heterocycles. The van der Waals surface area contributed by atoms with E-state index in [0.717, 1.165) is 5.69 Å². The monoisotopic (exact) mass is 326 g/mol. The van der Waals surface area contributed by atoms with Crippen molar-refractivity contribution in [3.63, 3.8) is 0 Å². The summed E-state index contributed by atoms with van der Waals surface area (Å²) in [5.74, 6) is -0.288. The lowest BCUT2D eigenvalue weighted by Crippen LogP contribution is -2.52. The van der Waals surface area contributed by atoms with Crippen molar-refractivity contribution in [2.75, 3.05) is 44.7 Å². The van der Waals surface area contributed by atoms with E-state index in [0.29, 0.717) is 26.2 Å². The molecule has 0 bridgehead atoms. The zero-order valence-electron chi connectivity index (χ0n) is 12.4. The van der Waals surface area contributed by atoms with Gasteiger partial charge in [0.2, 0.25) is 0 Å². The highest BCUT2D eigenvalue weighted by molar-refractivity contribution is 7.86. The van der Waals surface area contributed by atoms with E-state index in [-0.39, 0.29) is 18.8 Å². The Morgan fingerprint density at radius 3 is 2.36 bits per heavy atom. The van der Waals surface area contributed by atoms with Gasteiger partial charge in [0.25, 0.3) is 10.2 Å². The van der Waals surface area contributed by atoms with E-state index in [1.165, 1.54) is 27.8 Å². The summed E-state index contributed by atoms with van der Waals surface area (Å²) in [5, 5.41) is 8.55. The van der Waals surface area contributed by atoms with Crippen LogP contribution in [0.15, 0.2) is 24.3 Å². The molecule has 0 atom stereocenters. The average Bonchev–Trinajstić information content (AvgIpc) is 2.53. The fourth-order valence-electron chi connectivity index (χ4n) is 2.35. The van der Waals surface area contributed by atoms with Gasteiger partial charge >= 0.3 is 0 Å². The summed E-state index contributed by atoms with van der Waals surface area (Å²) < 4.78 is 40.3. The van der Waals surface area contributed by atoms with Gasteiger partial charge in [-0.2, -0.15) is 22.3 Å². The largest absolute Gasteiger partial charge is 0.369 e. The van der Waals surface area contributed by atoms with Gasteiger partial charge in [-0.15, -0.1) is 0 Å². The summed E-state index contributed by atoms with van der Waals surface area (Å²) in [6.45, 7) is 2.04. The van der Waals surface area contributed by atoms with Crippen LogP contribution in [-0.4, -0.2) is 56.8 Å². The van der Waals surface area contributed by atoms with Crippen LogP contribution >= 0.6 is 0 Å². The molecule has 1 aromatic carbocycles. The number of benzene rings is 1. The highest BCUT2D eigenvalue weighted by Gasteiger charge is 2.30. The van der Waals surface area contributed by atoms with Crippen LogP contribution in [0.3, 0.4) is 0 Å². The molecule has 0 N–H and O–H groups in total. The highest BCUT2D eigenvalue weighted by Crippen LogP contribution is 2.19. The fourth-order valence-corrected chi connectivity index (χ4v) is 3.69. The third kappa shape index (κ3) is 3.74. The molecule has 0 radical (unpaired) electrons. The van der Waals surface area contributed by atoms with Crippen LogP contribution in [0.2, 0.25) is 0 Å². The van der Waals surface area contributed by atoms with Gasteiger partial charge in [0, 0.05) is 51.9 Å². The van der Waals surface area contributed by atoms with Gasteiger partial charge in [-0.05, 0) is 24.3 Å². The summed E-state index contributed by atoms with van der Waals surface area (Å²) in [5.41, 5.74) is 0.885. The SMILES string of the molecule is CN(CCC#N)S(=O)(=O)N1CCN(c2ccc(F)cc2)CC1. The maximum Gasteiger partial charge on any atom is 0.281 e.